The average Bonchev–Trinajstić information content (AvgIpc) is 2.95. The van der Waals surface area contributed by atoms with Crippen LogP contribution in [-0.2, 0) is 27.4 Å². The molecule has 2 aromatic rings. The number of aryl methyl sites for hydroxylation is 1. The van der Waals surface area contributed by atoms with E-state index in [9.17, 15) is 9.59 Å². The van der Waals surface area contributed by atoms with E-state index in [2.05, 4.69) is 23.8 Å². The van der Waals surface area contributed by atoms with Crippen molar-refractivity contribution in [2.45, 2.75) is 39.4 Å². The first kappa shape index (κ1) is 23.7. The minimum Gasteiger partial charge on any atom is -0.497 e. The summed E-state index contributed by atoms with van der Waals surface area (Å²) in [5.74, 6) is 0.977. The molecule has 1 unspecified atom stereocenters. The van der Waals surface area contributed by atoms with Gasteiger partial charge in [0.05, 0.1) is 32.1 Å². The van der Waals surface area contributed by atoms with Crippen molar-refractivity contribution in [3.63, 3.8) is 0 Å². The molecule has 1 aliphatic heterocycles. The number of hydrogen-bond donors (Lipinski definition) is 0. The van der Waals surface area contributed by atoms with Crippen LogP contribution in [0.15, 0.2) is 42.9 Å². The second-order valence-corrected chi connectivity index (χ2v) is 8.45. The highest BCUT2D eigenvalue weighted by Gasteiger charge is 2.31. The summed E-state index contributed by atoms with van der Waals surface area (Å²) in [6.07, 6.45) is 5.37. The van der Waals surface area contributed by atoms with Crippen LogP contribution in [0.3, 0.4) is 0 Å². The van der Waals surface area contributed by atoms with Crippen molar-refractivity contribution in [3.8, 4) is 5.75 Å². The summed E-state index contributed by atoms with van der Waals surface area (Å²) in [6, 6.07) is 7.70. The van der Waals surface area contributed by atoms with Crippen LogP contribution in [0.25, 0.3) is 0 Å². The Morgan fingerprint density at radius 3 is 2.81 bits per heavy atom. The molecule has 1 aliphatic rings. The first-order chi connectivity index (χ1) is 15.4. The zero-order valence-electron chi connectivity index (χ0n) is 19.1. The molecule has 3 rings (SSSR count). The Hall–Kier alpha value is -3.00. The van der Waals surface area contributed by atoms with Gasteiger partial charge in [0.15, 0.2) is 0 Å². The first-order valence-electron chi connectivity index (χ1n) is 11.0. The third-order valence-corrected chi connectivity index (χ3v) is 5.30. The lowest BCUT2D eigenvalue weighted by Gasteiger charge is -2.26. The van der Waals surface area contributed by atoms with E-state index in [-0.39, 0.29) is 30.9 Å². The fourth-order valence-electron chi connectivity index (χ4n) is 3.72. The van der Waals surface area contributed by atoms with Gasteiger partial charge in [-0.3, -0.25) is 19.6 Å². The normalized spacial score (nSPS) is 16.9. The number of carbonyl (C=O) groups excluding carboxylic acids is 2. The van der Waals surface area contributed by atoms with Crippen LogP contribution in [0.4, 0.5) is 0 Å². The molecule has 0 N–H and O–H groups in total. The molecule has 8 heteroatoms. The van der Waals surface area contributed by atoms with Crippen LogP contribution in [0.1, 0.15) is 31.5 Å². The predicted octanol–water partition coefficient (Wildman–Crippen LogP) is 2.33. The molecule has 1 aromatic heterocycles. The van der Waals surface area contributed by atoms with Crippen LogP contribution in [0.2, 0.25) is 0 Å². The van der Waals surface area contributed by atoms with Gasteiger partial charge in [0.25, 0.3) is 0 Å². The first-order valence-corrected chi connectivity index (χ1v) is 11.0. The third-order valence-electron chi connectivity index (χ3n) is 5.30. The molecule has 0 bridgehead atoms. The summed E-state index contributed by atoms with van der Waals surface area (Å²) < 4.78 is 11.5. The summed E-state index contributed by atoms with van der Waals surface area (Å²) in [6.45, 7) is 6.10. The van der Waals surface area contributed by atoms with Gasteiger partial charge in [0.1, 0.15) is 5.75 Å². The maximum absolute atomic E-state index is 12.9. The molecule has 1 fully saturated rings. The van der Waals surface area contributed by atoms with E-state index in [1.54, 1.807) is 30.6 Å². The Morgan fingerprint density at radius 2 is 2.09 bits per heavy atom. The zero-order valence-corrected chi connectivity index (χ0v) is 19.1. The smallest absolute Gasteiger partial charge is 0.242 e. The topological polar surface area (TPSA) is 84.9 Å². The molecule has 8 nitrogen and oxygen atoms in total. The molecular formula is C24H32N4O4. The number of hydrogen-bond acceptors (Lipinski definition) is 6. The van der Waals surface area contributed by atoms with Gasteiger partial charge in [-0.1, -0.05) is 26.0 Å². The molecule has 172 valence electrons. The number of aromatic nitrogens is 2. The highest BCUT2D eigenvalue weighted by atomic mass is 16.5. The monoisotopic (exact) mass is 440 g/mol. The van der Waals surface area contributed by atoms with Crippen molar-refractivity contribution < 1.29 is 19.1 Å². The summed E-state index contributed by atoms with van der Waals surface area (Å²) >= 11 is 0. The van der Waals surface area contributed by atoms with Gasteiger partial charge >= 0.3 is 0 Å². The maximum Gasteiger partial charge on any atom is 0.242 e. The van der Waals surface area contributed by atoms with Crippen molar-refractivity contribution in [2.75, 3.05) is 33.3 Å². The fourth-order valence-corrected chi connectivity index (χ4v) is 3.72. The van der Waals surface area contributed by atoms with E-state index in [1.165, 1.54) is 0 Å². The van der Waals surface area contributed by atoms with Crippen LogP contribution in [0.5, 0.6) is 5.75 Å². The third kappa shape index (κ3) is 7.02. The van der Waals surface area contributed by atoms with Gasteiger partial charge < -0.3 is 19.3 Å². The van der Waals surface area contributed by atoms with Gasteiger partial charge in [-0.2, -0.15) is 0 Å². The van der Waals surface area contributed by atoms with Crippen LogP contribution < -0.4 is 4.74 Å². The molecule has 1 aromatic carbocycles. The van der Waals surface area contributed by atoms with E-state index in [0.717, 1.165) is 17.0 Å². The number of benzene rings is 1. The van der Waals surface area contributed by atoms with Gasteiger partial charge in [-0.15, -0.1) is 0 Å². The molecule has 1 atom stereocenters. The minimum absolute atomic E-state index is 0.0426. The maximum atomic E-state index is 12.9. The summed E-state index contributed by atoms with van der Waals surface area (Å²) in [5, 5.41) is 0. The van der Waals surface area contributed by atoms with E-state index in [1.807, 2.05) is 29.2 Å². The molecule has 0 spiro atoms. The molecule has 2 heterocycles. The molecule has 0 saturated carbocycles. The number of ether oxygens (including phenoxy) is 2. The molecule has 0 radical (unpaired) electrons. The predicted molar refractivity (Wildman–Crippen MR) is 120 cm³/mol. The van der Waals surface area contributed by atoms with Crippen LogP contribution >= 0.6 is 0 Å². The Bertz CT molecular complexity index is 891. The second-order valence-electron chi connectivity index (χ2n) is 8.45. The standard InChI is InChI=1S/C24H32N4O4/c1-18(2)13-27-14-22(32-17-19-5-4-6-21(11-19)31-3)15-28(16-24(27)30)23(29)8-7-20-12-25-9-10-26-20/h4-6,9-12,18,22H,7-8,13-17H2,1-3H3. The highest BCUT2D eigenvalue weighted by molar-refractivity contribution is 5.85. The van der Waals surface area contributed by atoms with E-state index >= 15 is 0 Å². The Balaban J connectivity index is 1.67. The van der Waals surface area contributed by atoms with Crippen molar-refractivity contribution in [2.24, 2.45) is 5.92 Å². The molecular weight excluding hydrogens is 408 g/mol. The quantitative estimate of drug-likeness (QED) is 0.595. The van der Waals surface area contributed by atoms with E-state index in [4.69, 9.17) is 9.47 Å². The van der Waals surface area contributed by atoms with Crippen molar-refractivity contribution in [3.05, 3.63) is 54.1 Å². The van der Waals surface area contributed by atoms with Gasteiger partial charge in [0, 0.05) is 44.6 Å². The number of rotatable bonds is 9. The van der Waals surface area contributed by atoms with Crippen LogP contribution in [0, 0.1) is 5.92 Å². The Labute approximate surface area is 189 Å². The Kier molecular flexibility index (Phi) is 8.56. The molecule has 0 aliphatic carbocycles. The van der Waals surface area contributed by atoms with E-state index < -0.39 is 0 Å². The van der Waals surface area contributed by atoms with E-state index in [0.29, 0.717) is 38.6 Å². The van der Waals surface area contributed by atoms with Crippen molar-refractivity contribution in [1.29, 1.82) is 0 Å². The van der Waals surface area contributed by atoms with Crippen LogP contribution in [-0.4, -0.2) is 71.0 Å². The second kappa shape index (κ2) is 11.6. The number of nitrogens with zero attached hydrogens (tertiary/aromatic N) is 4. The number of amides is 2. The summed E-state index contributed by atoms with van der Waals surface area (Å²) in [4.78, 5) is 37.5. The molecule has 1 saturated heterocycles. The lowest BCUT2D eigenvalue weighted by Crippen LogP contribution is -2.40. The van der Waals surface area contributed by atoms with Gasteiger partial charge in [0.2, 0.25) is 11.8 Å². The molecule has 32 heavy (non-hydrogen) atoms. The number of carbonyl (C=O) groups is 2. The molecule has 2 amide bonds. The van der Waals surface area contributed by atoms with Crippen molar-refractivity contribution in [1.82, 2.24) is 19.8 Å². The highest BCUT2D eigenvalue weighted by Crippen LogP contribution is 2.17. The zero-order chi connectivity index (χ0) is 22.9. The average molecular weight is 441 g/mol. The Morgan fingerprint density at radius 1 is 1.25 bits per heavy atom. The lowest BCUT2D eigenvalue weighted by atomic mass is 10.2. The number of methoxy groups -OCH3 is 1. The summed E-state index contributed by atoms with van der Waals surface area (Å²) in [5.41, 5.74) is 1.74. The minimum atomic E-state index is -0.271. The fraction of sp³-hybridized carbons (Fsp3) is 0.500. The van der Waals surface area contributed by atoms with Gasteiger partial charge in [-0.05, 0) is 30.0 Å². The largest absolute Gasteiger partial charge is 0.497 e. The summed E-state index contributed by atoms with van der Waals surface area (Å²) in [7, 11) is 1.63. The van der Waals surface area contributed by atoms with Gasteiger partial charge in [-0.25, -0.2) is 0 Å². The SMILES string of the molecule is COc1cccc(COC2CN(C(=O)CCc3cnccn3)CC(=O)N(CC(C)C)C2)c1. The van der Waals surface area contributed by atoms with Crippen molar-refractivity contribution >= 4 is 11.8 Å². The lowest BCUT2D eigenvalue weighted by molar-refractivity contribution is -0.139.